The van der Waals surface area contributed by atoms with Crippen molar-refractivity contribution in [2.24, 2.45) is 0 Å². The van der Waals surface area contributed by atoms with Crippen molar-refractivity contribution in [3.05, 3.63) is 77.1 Å². The van der Waals surface area contributed by atoms with Gasteiger partial charge < -0.3 is 14.5 Å². The Labute approximate surface area is 180 Å². The molecule has 0 spiro atoms. The van der Waals surface area contributed by atoms with E-state index in [9.17, 15) is 9.59 Å². The number of likely N-dealkylation sites (N-methyl/N-ethyl adjacent to an activating group) is 1. The van der Waals surface area contributed by atoms with Crippen LogP contribution in [0.4, 0.5) is 5.69 Å². The van der Waals surface area contributed by atoms with Gasteiger partial charge in [0.15, 0.2) is 5.69 Å². The highest BCUT2D eigenvalue weighted by atomic mass is 16.5. The van der Waals surface area contributed by atoms with Gasteiger partial charge in [0.1, 0.15) is 18.4 Å². The van der Waals surface area contributed by atoms with Gasteiger partial charge in [-0.2, -0.15) is 5.10 Å². The van der Waals surface area contributed by atoms with E-state index in [0.29, 0.717) is 36.6 Å². The van der Waals surface area contributed by atoms with E-state index in [2.05, 4.69) is 36.3 Å². The lowest BCUT2D eigenvalue weighted by Crippen LogP contribution is -2.54. The SMILES string of the molecule is Cc1ccc(Cn2cc3c(n2)C(=O)N([C@H]2COc4ccccc4N(C)C2=O)CC3)cc1. The minimum atomic E-state index is -0.680. The molecule has 3 heterocycles. The zero-order chi connectivity index (χ0) is 21.5. The van der Waals surface area contributed by atoms with Gasteiger partial charge in [-0.05, 0) is 31.0 Å². The number of benzene rings is 2. The van der Waals surface area contributed by atoms with Gasteiger partial charge in [-0.15, -0.1) is 0 Å². The molecule has 0 N–H and O–H groups in total. The lowest BCUT2D eigenvalue weighted by molar-refractivity contribution is -0.123. The molecule has 31 heavy (non-hydrogen) atoms. The molecule has 0 bridgehead atoms. The molecule has 2 aliphatic heterocycles. The van der Waals surface area contributed by atoms with Crippen molar-refractivity contribution in [2.75, 3.05) is 25.1 Å². The highest BCUT2D eigenvalue weighted by Crippen LogP contribution is 2.32. The van der Waals surface area contributed by atoms with Crippen molar-refractivity contribution in [1.82, 2.24) is 14.7 Å². The third-order valence-electron chi connectivity index (χ3n) is 6.00. The molecular formula is C24H24N4O3. The molecule has 7 heteroatoms. The highest BCUT2D eigenvalue weighted by Gasteiger charge is 2.39. The normalized spacial score (nSPS) is 18.3. The first-order valence-electron chi connectivity index (χ1n) is 10.4. The first-order valence-corrected chi connectivity index (χ1v) is 10.4. The van der Waals surface area contributed by atoms with Crippen LogP contribution < -0.4 is 9.64 Å². The van der Waals surface area contributed by atoms with Gasteiger partial charge in [-0.1, -0.05) is 42.0 Å². The summed E-state index contributed by atoms with van der Waals surface area (Å²) in [5.41, 5.74) is 4.39. The largest absolute Gasteiger partial charge is 0.489 e. The monoisotopic (exact) mass is 416 g/mol. The Morgan fingerprint density at radius 3 is 2.68 bits per heavy atom. The number of carbonyl (C=O) groups is 2. The maximum Gasteiger partial charge on any atom is 0.275 e. The van der Waals surface area contributed by atoms with Crippen LogP contribution in [0.2, 0.25) is 0 Å². The average molecular weight is 416 g/mol. The molecular weight excluding hydrogens is 392 g/mol. The molecule has 0 radical (unpaired) electrons. The second kappa shape index (κ2) is 7.58. The number of fused-ring (bicyclic) bond motifs is 2. The van der Waals surface area contributed by atoms with Crippen LogP contribution in [-0.2, 0) is 17.8 Å². The quantitative estimate of drug-likeness (QED) is 0.658. The van der Waals surface area contributed by atoms with Crippen molar-refractivity contribution in [3.8, 4) is 5.75 Å². The predicted molar refractivity (Wildman–Crippen MR) is 116 cm³/mol. The van der Waals surface area contributed by atoms with Crippen molar-refractivity contribution >= 4 is 17.5 Å². The van der Waals surface area contributed by atoms with Crippen molar-refractivity contribution < 1.29 is 14.3 Å². The molecule has 1 atom stereocenters. The van der Waals surface area contributed by atoms with Crippen LogP contribution in [0.25, 0.3) is 0 Å². The zero-order valence-corrected chi connectivity index (χ0v) is 17.6. The predicted octanol–water partition coefficient (Wildman–Crippen LogP) is 2.66. The Kier molecular flexibility index (Phi) is 4.73. The Morgan fingerprint density at radius 2 is 1.87 bits per heavy atom. The minimum absolute atomic E-state index is 0.130. The summed E-state index contributed by atoms with van der Waals surface area (Å²) in [6.45, 7) is 3.25. The summed E-state index contributed by atoms with van der Waals surface area (Å²) in [5.74, 6) is 0.277. The van der Waals surface area contributed by atoms with Gasteiger partial charge in [0.05, 0.1) is 12.2 Å². The minimum Gasteiger partial charge on any atom is -0.489 e. The Hall–Kier alpha value is -3.61. The molecule has 5 rings (SSSR count). The van der Waals surface area contributed by atoms with Crippen LogP contribution in [0.15, 0.2) is 54.7 Å². The van der Waals surface area contributed by atoms with Crippen LogP contribution in [0.1, 0.15) is 27.2 Å². The number of hydrogen-bond donors (Lipinski definition) is 0. The smallest absolute Gasteiger partial charge is 0.275 e. The number of rotatable bonds is 3. The first-order chi connectivity index (χ1) is 15.0. The molecule has 0 aliphatic carbocycles. The number of amides is 2. The summed E-state index contributed by atoms with van der Waals surface area (Å²) in [6.07, 6.45) is 2.60. The number of para-hydroxylation sites is 2. The van der Waals surface area contributed by atoms with E-state index in [4.69, 9.17) is 4.74 Å². The molecule has 7 nitrogen and oxygen atoms in total. The number of anilines is 1. The molecule has 0 saturated carbocycles. The third kappa shape index (κ3) is 3.46. The third-order valence-corrected chi connectivity index (χ3v) is 6.00. The Balaban J connectivity index is 1.38. The fourth-order valence-electron chi connectivity index (χ4n) is 4.22. The fraction of sp³-hybridized carbons (Fsp3) is 0.292. The second-order valence-electron chi connectivity index (χ2n) is 8.13. The van der Waals surface area contributed by atoms with Gasteiger partial charge in [-0.25, -0.2) is 0 Å². The molecule has 2 amide bonds. The van der Waals surface area contributed by atoms with Gasteiger partial charge in [0.2, 0.25) is 0 Å². The van der Waals surface area contributed by atoms with Crippen molar-refractivity contribution in [3.63, 3.8) is 0 Å². The Bertz CT molecular complexity index is 1150. The maximum absolute atomic E-state index is 13.3. The summed E-state index contributed by atoms with van der Waals surface area (Å²) in [6, 6.07) is 15.0. The molecule has 2 aromatic carbocycles. The van der Waals surface area contributed by atoms with Crippen LogP contribution in [0.3, 0.4) is 0 Å². The fourth-order valence-corrected chi connectivity index (χ4v) is 4.22. The summed E-state index contributed by atoms with van der Waals surface area (Å²) in [4.78, 5) is 29.6. The average Bonchev–Trinajstić information content (AvgIpc) is 3.14. The maximum atomic E-state index is 13.3. The van der Waals surface area contributed by atoms with E-state index >= 15 is 0 Å². The van der Waals surface area contributed by atoms with E-state index in [0.717, 1.165) is 11.1 Å². The van der Waals surface area contributed by atoms with Crippen LogP contribution in [-0.4, -0.2) is 52.7 Å². The van der Waals surface area contributed by atoms with E-state index in [1.54, 1.807) is 16.8 Å². The number of hydrogen-bond acceptors (Lipinski definition) is 4. The van der Waals surface area contributed by atoms with Crippen molar-refractivity contribution in [1.29, 1.82) is 0 Å². The molecule has 3 aromatic rings. The zero-order valence-electron chi connectivity index (χ0n) is 17.6. The van der Waals surface area contributed by atoms with Crippen LogP contribution >= 0.6 is 0 Å². The number of aryl methyl sites for hydroxylation is 1. The number of aromatic nitrogens is 2. The second-order valence-corrected chi connectivity index (χ2v) is 8.13. The van der Waals surface area contributed by atoms with E-state index in [-0.39, 0.29) is 18.4 Å². The summed E-state index contributed by atoms with van der Waals surface area (Å²) in [7, 11) is 1.72. The van der Waals surface area contributed by atoms with E-state index in [1.165, 1.54) is 5.56 Å². The lowest BCUT2D eigenvalue weighted by Gasteiger charge is -2.33. The molecule has 1 aromatic heterocycles. The molecule has 0 unspecified atom stereocenters. The molecule has 0 fully saturated rings. The topological polar surface area (TPSA) is 67.7 Å². The van der Waals surface area contributed by atoms with Gasteiger partial charge >= 0.3 is 0 Å². The summed E-state index contributed by atoms with van der Waals surface area (Å²) in [5, 5.41) is 4.56. The number of ether oxygens (including phenoxy) is 1. The van der Waals surface area contributed by atoms with Crippen LogP contribution in [0.5, 0.6) is 5.75 Å². The van der Waals surface area contributed by atoms with E-state index < -0.39 is 6.04 Å². The lowest BCUT2D eigenvalue weighted by atomic mass is 10.0. The van der Waals surface area contributed by atoms with E-state index in [1.807, 2.05) is 35.1 Å². The standard InChI is InChI=1S/C24H24N4O3/c1-16-7-9-17(10-8-16)13-27-14-18-11-12-28(24(30)22(18)25-27)20-15-31-21-6-4-3-5-19(21)26(2)23(20)29/h3-10,14,20H,11-13,15H2,1-2H3/t20-/m0/s1. The van der Waals surface area contributed by atoms with Crippen molar-refractivity contribution in [2.45, 2.75) is 25.9 Å². The van der Waals surface area contributed by atoms with Crippen LogP contribution in [0, 0.1) is 6.92 Å². The first kappa shape index (κ1) is 19.4. The summed E-state index contributed by atoms with van der Waals surface area (Å²) < 4.78 is 7.71. The highest BCUT2D eigenvalue weighted by molar-refractivity contribution is 6.03. The molecule has 2 aliphatic rings. The number of carbonyl (C=O) groups excluding carboxylic acids is 2. The van der Waals surface area contributed by atoms with Gasteiger partial charge in [-0.3, -0.25) is 14.3 Å². The number of nitrogens with zero attached hydrogens (tertiary/aromatic N) is 4. The molecule has 0 saturated heterocycles. The molecule has 158 valence electrons. The summed E-state index contributed by atoms with van der Waals surface area (Å²) >= 11 is 0. The Morgan fingerprint density at radius 1 is 1.10 bits per heavy atom. The van der Waals surface area contributed by atoms with Gasteiger partial charge in [0, 0.05) is 25.4 Å². The van der Waals surface area contributed by atoms with Gasteiger partial charge in [0.25, 0.3) is 11.8 Å².